The first-order chi connectivity index (χ1) is 16.8. The van der Waals surface area contributed by atoms with Crippen LogP contribution in [-0.4, -0.2) is 65.9 Å². The first-order valence-electron chi connectivity index (χ1n) is 12.4. The van der Waals surface area contributed by atoms with Crippen LogP contribution in [0.25, 0.3) is 10.9 Å². The zero-order valence-electron chi connectivity index (χ0n) is 22.4. The minimum absolute atomic E-state index is 0.381. The number of nitrogens with one attached hydrogen (secondary N) is 2. The molecule has 2 N–H and O–H groups in total. The highest BCUT2D eigenvalue weighted by Gasteiger charge is 2.51. The van der Waals surface area contributed by atoms with Crippen LogP contribution >= 0.6 is 28.4 Å². The molecular formula is C24H39BIN4O5P. The Morgan fingerprint density at radius 1 is 1.14 bits per heavy atom. The van der Waals surface area contributed by atoms with Crippen molar-refractivity contribution >= 4 is 63.7 Å². The molecule has 3 rings (SSSR count). The van der Waals surface area contributed by atoms with Crippen LogP contribution in [0.2, 0.25) is 0 Å². The molecule has 1 saturated heterocycles. The maximum absolute atomic E-state index is 11.7. The van der Waals surface area contributed by atoms with Crippen molar-refractivity contribution in [2.45, 2.75) is 78.1 Å². The van der Waals surface area contributed by atoms with Gasteiger partial charge in [-0.25, -0.2) is 9.25 Å². The third-order valence-corrected chi connectivity index (χ3v) is 8.15. The topological polar surface area (TPSA) is 95.9 Å². The van der Waals surface area contributed by atoms with E-state index in [9.17, 15) is 4.79 Å². The summed E-state index contributed by atoms with van der Waals surface area (Å²) in [6.45, 7) is 16.2. The van der Waals surface area contributed by atoms with Gasteiger partial charge in [0.1, 0.15) is 5.60 Å². The molecule has 0 saturated carbocycles. The summed E-state index contributed by atoms with van der Waals surface area (Å²) >= 11 is 2.34. The van der Waals surface area contributed by atoms with E-state index in [2.05, 4.69) is 77.6 Å². The molecule has 1 fully saturated rings. The number of hydrogen-bond acceptors (Lipinski definition) is 7. The smallest absolute Gasteiger partial charge is 0.444 e. The third kappa shape index (κ3) is 7.69. The number of benzene rings is 1. The lowest BCUT2D eigenvalue weighted by Crippen LogP contribution is -2.41. The van der Waals surface area contributed by atoms with E-state index >= 15 is 0 Å². The van der Waals surface area contributed by atoms with Crippen LogP contribution in [0.3, 0.4) is 0 Å². The molecule has 1 aliphatic heterocycles. The van der Waals surface area contributed by atoms with Crippen molar-refractivity contribution in [1.29, 1.82) is 0 Å². The maximum atomic E-state index is 11.7. The fourth-order valence-corrected chi connectivity index (χ4v) is 5.20. The second kappa shape index (κ2) is 12.2. The van der Waals surface area contributed by atoms with Crippen LogP contribution < -0.4 is 16.1 Å². The molecule has 0 bridgehead atoms. The first-order valence-corrected chi connectivity index (χ1v) is 16.4. The summed E-state index contributed by atoms with van der Waals surface area (Å²) in [5.41, 5.74) is 1.73. The van der Waals surface area contributed by atoms with Crippen LogP contribution in [-0.2, 0) is 18.8 Å². The number of halogens is 1. The van der Waals surface area contributed by atoms with Gasteiger partial charge in [0.2, 0.25) is 0 Å². The molecule has 1 aromatic carbocycles. The number of hydrogen-bond donors (Lipinski definition) is 2. The molecule has 1 unspecified atom stereocenters. The molecule has 1 aliphatic rings. The number of alkyl carbamates (subject to hydrolysis) is 1. The van der Waals surface area contributed by atoms with Gasteiger partial charge in [-0.2, -0.15) is 5.10 Å². The zero-order valence-corrected chi connectivity index (χ0v) is 25.5. The summed E-state index contributed by atoms with van der Waals surface area (Å²) in [5, 5.41) is 11.9. The van der Waals surface area contributed by atoms with E-state index in [1.807, 2.05) is 31.4 Å². The van der Waals surface area contributed by atoms with Crippen molar-refractivity contribution in [2.24, 2.45) is 0 Å². The third-order valence-electron chi connectivity index (χ3n) is 6.26. The van der Waals surface area contributed by atoms with Crippen LogP contribution in [0.5, 0.6) is 0 Å². The molecule has 0 spiro atoms. The van der Waals surface area contributed by atoms with Crippen molar-refractivity contribution < 1.29 is 23.6 Å². The van der Waals surface area contributed by atoms with Crippen molar-refractivity contribution in [3.05, 3.63) is 18.3 Å². The van der Waals surface area contributed by atoms with Crippen molar-refractivity contribution in [3.63, 3.8) is 0 Å². The van der Waals surface area contributed by atoms with Crippen molar-refractivity contribution in [3.8, 4) is 0 Å². The number of aromatic nitrogens is 2. The Morgan fingerprint density at radius 3 is 2.47 bits per heavy atom. The van der Waals surface area contributed by atoms with E-state index in [0.717, 1.165) is 34.9 Å². The molecule has 0 radical (unpaired) electrons. The average Bonchev–Trinajstić information content (AvgIpc) is 3.28. The maximum Gasteiger partial charge on any atom is 0.494 e. The van der Waals surface area contributed by atoms with Gasteiger partial charge in [0.15, 0.2) is 0 Å². The second-order valence-corrected chi connectivity index (χ2v) is 12.9. The SMILES string of the molecule is CC(C)(C)OC(=O)NCCCCOCCNc1cc(B2OC(C)(C)C(C)(C)O2)cc2c1cnn2PI. The summed E-state index contributed by atoms with van der Waals surface area (Å²) in [6, 6.07) is 4.21. The summed E-state index contributed by atoms with van der Waals surface area (Å²) in [7, 11) is -0.439. The van der Waals surface area contributed by atoms with Crippen LogP contribution in [0.4, 0.5) is 10.5 Å². The summed E-state index contributed by atoms with van der Waals surface area (Å²) in [4.78, 5) is 11.7. The number of unbranched alkanes of at least 4 members (excludes halogenated alkanes) is 1. The van der Waals surface area contributed by atoms with Gasteiger partial charge < -0.3 is 29.4 Å². The largest absolute Gasteiger partial charge is 0.494 e. The first kappa shape index (κ1) is 29.4. The van der Waals surface area contributed by atoms with Gasteiger partial charge in [0, 0.05) is 30.8 Å². The number of carbonyl (C=O) groups is 1. The lowest BCUT2D eigenvalue weighted by atomic mass is 9.78. The molecule has 9 nitrogen and oxygen atoms in total. The minimum Gasteiger partial charge on any atom is -0.444 e. The van der Waals surface area contributed by atoms with Crippen molar-refractivity contribution in [1.82, 2.24) is 14.9 Å². The monoisotopic (exact) mass is 632 g/mol. The Labute approximate surface area is 229 Å². The van der Waals surface area contributed by atoms with Gasteiger partial charge in [-0.1, -0.05) is 0 Å². The van der Waals surface area contributed by atoms with Gasteiger partial charge >= 0.3 is 13.2 Å². The fraction of sp³-hybridized carbons (Fsp3) is 0.667. The number of ether oxygens (including phenoxy) is 2. The lowest BCUT2D eigenvalue weighted by Gasteiger charge is -2.32. The standard InChI is InChI=1S/C24H39BIN4O5P/c1-22(2,3)33-21(31)28-10-8-9-12-32-13-11-27-19-14-17(15-20-18(19)16-29-30(20)36-26)25-34-23(4,5)24(6,7)35-25/h14-16,27,36H,8-13H2,1-7H3,(H,28,31). The molecule has 0 aliphatic carbocycles. The normalized spacial score (nSPS) is 17.3. The number of amides is 1. The molecular weight excluding hydrogens is 593 g/mol. The van der Waals surface area contributed by atoms with Gasteiger partial charge in [0.25, 0.3) is 0 Å². The average molecular weight is 632 g/mol. The molecule has 12 heteroatoms. The van der Waals surface area contributed by atoms with E-state index in [-0.39, 0.29) is 6.09 Å². The number of rotatable bonds is 11. The van der Waals surface area contributed by atoms with E-state index in [0.29, 0.717) is 32.7 Å². The molecule has 1 atom stereocenters. The van der Waals surface area contributed by atoms with Gasteiger partial charge in [-0.15, -0.1) is 0 Å². The van der Waals surface area contributed by atoms with Crippen LogP contribution in [0, 0.1) is 0 Å². The lowest BCUT2D eigenvalue weighted by molar-refractivity contribution is 0.00578. The Hall–Kier alpha value is -1.14. The summed E-state index contributed by atoms with van der Waals surface area (Å²) < 4.78 is 25.6. The Morgan fingerprint density at radius 2 is 1.83 bits per heavy atom. The molecule has 36 heavy (non-hydrogen) atoms. The van der Waals surface area contributed by atoms with Crippen LogP contribution in [0.15, 0.2) is 18.3 Å². The number of nitrogens with zero attached hydrogens (tertiary/aromatic N) is 2. The highest BCUT2D eigenvalue weighted by molar-refractivity contribution is 14.2. The molecule has 1 amide bonds. The van der Waals surface area contributed by atoms with Crippen LogP contribution in [0.1, 0.15) is 61.3 Å². The zero-order chi connectivity index (χ0) is 26.6. The van der Waals surface area contributed by atoms with E-state index < -0.39 is 23.9 Å². The number of carbonyl (C=O) groups excluding carboxylic acids is 1. The minimum atomic E-state index is -0.481. The van der Waals surface area contributed by atoms with E-state index in [1.54, 1.807) is 0 Å². The number of anilines is 1. The molecule has 200 valence electrons. The Bertz CT molecular complexity index is 1030. The highest BCUT2D eigenvalue weighted by atomic mass is 127. The predicted octanol–water partition coefficient (Wildman–Crippen LogP) is 4.86. The Balaban J connectivity index is 1.50. The summed E-state index contributed by atoms with van der Waals surface area (Å²) in [5.74, 6) is 0. The van der Waals surface area contributed by atoms with E-state index in [1.165, 1.54) is 0 Å². The predicted molar refractivity (Wildman–Crippen MR) is 156 cm³/mol. The quantitative estimate of drug-likeness (QED) is 0.158. The molecule has 2 aromatic rings. The van der Waals surface area contributed by atoms with Gasteiger partial charge in [0.05, 0.1) is 35.9 Å². The van der Waals surface area contributed by atoms with E-state index in [4.69, 9.17) is 18.8 Å². The molecule has 1 aromatic heterocycles. The Kier molecular flexibility index (Phi) is 9.93. The van der Waals surface area contributed by atoms with Crippen molar-refractivity contribution in [2.75, 3.05) is 31.6 Å². The fourth-order valence-electron chi connectivity index (χ4n) is 3.67. The number of fused-ring (bicyclic) bond motifs is 1. The molecule has 2 heterocycles. The van der Waals surface area contributed by atoms with Gasteiger partial charge in [-0.3, -0.25) is 0 Å². The highest BCUT2D eigenvalue weighted by Crippen LogP contribution is 2.37. The summed E-state index contributed by atoms with van der Waals surface area (Å²) in [6.07, 6.45) is 3.71. The second-order valence-electron chi connectivity index (χ2n) is 10.9. The van der Waals surface area contributed by atoms with Gasteiger partial charge in [-0.05, 0) is 101 Å².